The first-order chi connectivity index (χ1) is 14.0. The molecule has 0 spiro atoms. The summed E-state index contributed by atoms with van der Waals surface area (Å²) < 4.78 is 17.1. The second kappa shape index (κ2) is 7.90. The number of ether oxygens (including phenoxy) is 3. The average Bonchev–Trinajstić information content (AvgIpc) is 3.27. The minimum Gasteiger partial charge on any atom is -0.450 e. The maximum atomic E-state index is 12.3. The summed E-state index contributed by atoms with van der Waals surface area (Å²) >= 11 is 0. The molecule has 154 valence electrons. The minimum absolute atomic E-state index is 0.0758. The van der Waals surface area contributed by atoms with Gasteiger partial charge in [-0.2, -0.15) is 0 Å². The Morgan fingerprint density at radius 3 is 2.59 bits per heavy atom. The summed E-state index contributed by atoms with van der Waals surface area (Å²) in [6, 6.07) is 10.5. The first kappa shape index (κ1) is 20.1. The molecular formula is C24H29NO4. The molecule has 0 aliphatic carbocycles. The zero-order valence-corrected chi connectivity index (χ0v) is 17.5. The molecule has 0 radical (unpaired) electrons. The molecular weight excluding hydrogens is 366 g/mol. The van der Waals surface area contributed by atoms with E-state index in [1.165, 1.54) is 0 Å². The number of methoxy groups -OCH3 is 2. The van der Waals surface area contributed by atoms with E-state index in [9.17, 15) is 4.79 Å². The summed E-state index contributed by atoms with van der Waals surface area (Å²) in [6.45, 7) is 4.23. The van der Waals surface area contributed by atoms with Crippen molar-refractivity contribution >= 4 is 12.0 Å². The molecule has 0 bridgehead atoms. The van der Waals surface area contributed by atoms with Crippen LogP contribution >= 0.6 is 0 Å². The Kier molecular flexibility index (Phi) is 5.47. The van der Waals surface area contributed by atoms with Crippen molar-refractivity contribution in [3.8, 4) is 0 Å². The van der Waals surface area contributed by atoms with Crippen LogP contribution in [0.4, 0.5) is 0 Å². The van der Waals surface area contributed by atoms with Gasteiger partial charge in [-0.05, 0) is 37.8 Å². The second-order valence-corrected chi connectivity index (χ2v) is 8.14. The normalized spacial score (nSPS) is 32.0. The molecule has 5 heteroatoms. The second-order valence-electron chi connectivity index (χ2n) is 8.14. The lowest BCUT2D eigenvalue weighted by atomic mass is 9.84. The van der Waals surface area contributed by atoms with E-state index in [4.69, 9.17) is 14.2 Å². The van der Waals surface area contributed by atoms with Gasteiger partial charge in [-0.1, -0.05) is 48.6 Å². The summed E-state index contributed by atoms with van der Waals surface area (Å²) in [6.07, 6.45) is 9.61. The largest absolute Gasteiger partial charge is 0.450 e. The Morgan fingerprint density at radius 1 is 1.17 bits per heavy atom. The van der Waals surface area contributed by atoms with E-state index >= 15 is 0 Å². The lowest BCUT2D eigenvalue weighted by molar-refractivity contribution is -0.161. The van der Waals surface area contributed by atoms with E-state index in [2.05, 4.69) is 42.2 Å². The zero-order valence-electron chi connectivity index (χ0n) is 17.5. The molecule has 29 heavy (non-hydrogen) atoms. The number of nitrogens with zero attached hydrogens (tertiary/aromatic N) is 1. The number of benzene rings is 1. The Balaban J connectivity index is 1.75. The van der Waals surface area contributed by atoms with Crippen LogP contribution in [0.2, 0.25) is 0 Å². The van der Waals surface area contributed by atoms with Crippen molar-refractivity contribution in [2.24, 2.45) is 0 Å². The van der Waals surface area contributed by atoms with Crippen LogP contribution in [0.1, 0.15) is 32.3 Å². The summed E-state index contributed by atoms with van der Waals surface area (Å²) in [5.74, 6) is -0.269. The Bertz CT molecular complexity index is 855. The van der Waals surface area contributed by atoms with Gasteiger partial charge in [-0.25, -0.2) is 4.79 Å². The zero-order chi connectivity index (χ0) is 20.6. The van der Waals surface area contributed by atoms with Gasteiger partial charge in [0.15, 0.2) is 11.9 Å². The number of carbonyl (C=O) groups is 1. The monoisotopic (exact) mass is 395 g/mol. The van der Waals surface area contributed by atoms with Gasteiger partial charge in [-0.3, -0.25) is 4.90 Å². The Hall–Kier alpha value is -2.21. The van der Waals surface area contributed by atoms with Crippen LogP contribution in [-0.4, -0.2) is 55.1 Å². The fourth-order valence-corrected chi connectivity index (χ4v) is 5.19. The van der Waals surface area contributed by atoms with Gasteiger partial charge in [0, 0.05) is 31.9 Å². The highest BCUT2D eigenvalue weighted by atomic mass is 16.7. The van der Waals surface area contributed by atoms with Crippen molar-refractivity contribution < 1.29 is 19.0 Å². The quantitative estimate of drug-likeness (QED) is 0.562. The number of rotatable bonds is 5. The number of hydrogen-bond donors (Lipinski definition) is 0. The van der Waals surface area contributed by atoms with Crippen molar-refractivity contribution in [1.29, 1.82) is 0 Å². The Morgan fingerprint density at radius 2 is 1.90 bits per heavy atom. The standard InChI is InChI=1S/C24H29NO4/c1-16-14-18(11-10-17-8-6-5-7-9-17)19-15-22(26)29-24(19,2)21-13-12-20(25(16)21)23(27-3)28-4/h5-11,14-16,20-21,23H,12-13H2,1-4H3/b11-10+/t16-,20?,21?,24-/m0/s1. The summed E-state index contributed by atoms with van der Waals surface area (Å²) in [5.41, 5.74) is 2.43. The number of allylic oxidation sites excluding steroid dienone is 1. The van der Waals surface area contributed by atoms with E-state index in [-0.39, 0.29) is 30.4 Å². The SMILES string of the molecule is COC(OC)C1CCC2N1[C@@H](C)C=C(/C=C/c1ccccc1)C1=CC(=O)O[C@@]12C. The molecule has 1 aromatic rings. The molecule has 4 atom stereocenters. The van der Waals surface area contributed by atoms with Crippen molar-refractivity contribution in [2.75, 3.05) is 14.2 Å². The topological polar surface area (TPSA) is 48.0 Å². The van der Waals surface area contributed by atoms with Gasteiger partial charge >= 0.3 is 5.97 Å². The van der Waals surface area contributed by atoms with Gasteiger partial charge in [0.25, 0.3) is 0 Å². The smallest absolute Gasteiger partial charge is 0.332 e. The molecule has 0 N–H and O–H groups in total. The van der Waals surface area contributed by atoms with Crippen molar-refractivity contribution in [3.05, 3.63) is 65.3 Å². The van der Waals surface area contributed by atoms with E-state index in [1.54, 1.807) is 20.3 Å². The van der Waals surface area contributed by atoms with Crippen molar-refractivity contribution in [1.82, 2.24) is 4.90 Å². The van der Waals surface area contributed by atoms with Crippen molar-refractivity contribution in [3.63, 3.8) is 0 Å². The Labute approximate surface area is 172 Å². The molecule has 3 aliphatic rings. The predicted molar refractivity (Wildman–Crippen MR) is 112 cm³/mol. The number of hydrogen-bond acceptors (Lipinski definition) is 5. The lowest BCUT2D eigenvalue weighted by Crippen LogP contribution is -2.55. The molecule has 0 saturated carbocycles. The molecule has 3 heterocycles. The molecule has 1 fully saturated rings. The predicted octanol–water partition coefficient (Wildman–Crippen LogP) is 3.72. The van der Waals surface area contributed by atoms with Crippen LogP contribution in [-0.2, 0) is 19.0 Å². The van der Waals surface area contributed by atoms with Gasteiger partial charge in [0.1, 0.15) is 0 Å². The fraction of sp³-hybridized carbons (Fsp3) is 0.458. The van der Waals surface area contributed by atoms with Crippen LogP contribution in [0.3, 0.4) is 0 Å². The first-order valence-electron chi connectivity index (χ1n) is 10.2. The van der Waals surface area contributed by atoms with Crippen LogP contribution < -0.4 is 0 Å². The van der Waals surface area contributed by atoms with Gasteiger partial charge in [0.2, 0.25) is 0 Å². The van der Waals surface area contributed by atoms with Gasteiger partial charge in [0.05, 0.1) is 12.1 Å². The minimum atomic E-state index is -0.685. The van der Waals surface area contributed by atoms with E-state index in [0.717, 1.165) is 29.6 Å². The van der Waals surface area contributed by atoms with Crippen LogP contribution in [0.5, 0.6) is 0 Å². The molecule has 4 rings (SSSR count). The van der Waals surface area contributed by atoms with E-state index < -0.39 is 5.60 Å². The summed E-state index contributed by atoms with van der Waals surface area (Å²) in [4.78, 5) is 14.7. The van der Waals surface area contributed by atoms with Crippen LogP contribution in [0.15, 0.2) is 59.7 Å². The number of fused-ring (bicyclic) bond motifs is 3. The molecule has 0 aromatic heterocycles. The number of carbonyl (C=O) groups excluding carboxylic acids is 1. The summed E-state index contributed by atoms with van der Waals surface area (Å²) in [5, 5.41) is 0. The third-order valence-electron chi connectivity index (χ3n) is 6.46. The highest BCUT2D eigenvalue weighted by Gasteiger charge is 2.56. The van der Waals surface area contributed by atoms with E-state index in [0.29, 0.717) is 0 Å². The molecule has 1 aromatic carbocycles. The van der Waals surface area contributed by atoms with Crippen LogP contribution in [0, 0.1) is 0 Å². The maximum Gasteiger partial charge on any atom is 0.332 e. The first-order valence-corrected chi connectivity index (χ1v) is 10.2. The van der Waals surface area contributed by atoms with Crippen molar-refractivity contribution in [2.45, 2.75) is 56.7 Å². The third kappa shape index (κ3) is 3.48. The molecule has 2 unspecified atom stereocenters. The average molecular weight is 395 g/mol. The fourth-order valence-electron chi connectivity index (χ4n) is 5.19. The highest BCUT2D eigenvalue weighted by Crippen LogP contribution is 2.47. The molecule has 1 saturated heterocycles. The third-order valence-corrected chi connectivity index (χ3v) is 6.46. The lowest BCUT2D eigenvalue weighted by Gasteiger charge is -2.41. The van der Waals surface area contributed by atoms with Gasteiger partial charge in [-0.15, -0.1) is 0 Å². The molecule has 5 nitrogen and oxygen atoms in total. The number of esters is 1. The highest BCUT2D eigenvalue weighted by molar-refractivity contribution is 5.89. The summed E-state index contributed by atoms with van der Waals surface area (Å²) in [7, 11) is 3.35. The maximum absolute atomic E-state index is 12.3. The molecule has 3 aliphatic heterocycles. The van der Waals surface area contributed by atoms with E-state index in [1.807, 2.05) is 25.1 Å². The van der Waals surface area contributed by atoms with Crippen LogP contribution in [0.25, 0.3) is 6.08 Å². The van der Waals surface area contributed by atoms with Gasteiger partial charge < -0.3 is 14.2 Å². The molecule has 0 amide bonds.